The summed E-state index contributed by atoms with van der Waals surface area (Å²) in [5, 5.41) is 6.92. The van der Waals surface area contributed by atoms with Gasteiger partial charge >= 0.3 is 0 Å². The molecular weight excluding hydrogens is 490 g/mol. The highest BCUT2D eigenvalue weighted by Gasteiger charge is 2.22. The van der Waals surface area contributed by atoms with Gasteiger partial charge in [-0.2, -0.15) is 0 Å². The van der Waals surface area contributed by atoms with E-state index in [0.717, 1.165) is 61.1 Å². The van der Waals surface area contributed by atoms with Crippen LogP contribution in [-0.2, 0) is 0 Å². The van der Waals surface area contributed by atoms with Gasteiger partial charge in [-0.3, -0.25) is 4.57 Å². The smallest absolute Gasteiger partial charge is 0.165 e. The minimum atomic E-state index is 0.804. The molecule has 0 aliphatic rings. The lowest BCUT2D eigenvalue weighted by Gasteiger charge is -2.14. The first-order valence-electron chi connectivity index (χ1n) is 13.4. The van der Waals surface area contributed by atoms with Crippen LogP contribution in [0.2, 0.25) is 0 Å². The van der Waals surface area contributed by atoms with E-state index < -0.39 is 0 Å². The van der Waals surface area contributed by atoms with Crippen LogP contribution in [0.5, 0.6) is 0 Å². The van der Waals surface area contributed by atoms with E-state index in [9.17, 15) is 0 Å². The van der Waals surface area contributed by atoms with Crippen LogP contribution in [-0.4, -0.2) is 14.5 Å². The first-order valence-corrected chi connectivity index (χ1v) is 13.4. The predicted octanol–water partition coefficient (Wildman–Crippen LogP) is 9.45. The summed E-state index contributed by atoms with van der Waals surface area (Å²) in [6.45, 7) is 0. The minimum Gasteiger partial charge on any atom is -0.456 e. The maximum Gasteiger partial charge on any atom is 0.165 e. The molecule has 0 N–H and O–H groups in total. The van der Waals surface area contributed by atoms with Gasteiger partial charge in [-0.05, 0) is 53.2 Å². The summed E-state index contributed by atoms with van der Waals surface area (Å²) in [6, 6.07) is 44.2. The molecule has 0 unspecified atom stereocenters. The molecule has 0 radical (unpaired) electrons. The highest BCUT2D eigenvalue weighted by molar-refractivity contribution is 6.15. The van der Waals surface area contributed by atoms with Crippen molar-refractivity contribution in [3.05, 3.63) is 127 Å². The molecule has 0 bridgehead atoms. The number of nitrogens with zero attached hydrogens (tertiary/aromatic N) is 3. The minimum absolute atomic E-state index is 0.804. The first kappa shape index (κ1) is 21.5. The van der Waals surface area contributed by atoms with Crippen molar-refractivity contribution in [3.63, 3.8) is 0 Å². The second-order valence-electron chi connectivity index (χ2n) is 10.2. The fourth-order valence-corrected chi connectivity index (χ4v) is 6.18. The van der Waals surface area contributed by atoms with Gasteiger partial charge in [0.1, 0.15) is 16.9 Å². The first-order chi connectivity index (χ1) is 19.8. The van der Waals surface area contributed by atoms with Crippen molar-refractivity contribution < 1.29 is 4.42 Å². The largest absolute Gasteiger partial charge is 0.456 e. The van der Waals surface area contributed by atoms with E-state index in [0.29, 0.717) is 0 Å². The molecule has 0 saturated carbocycles. The Bertz CT molecular complexity index is 2450. The van der Waals surface area contributed by atoms with Crippen molar-refractivity contribution in [2.75, 3.05) is 0 Å². The van der Waals surface area contributed by atoms with Crippen LogP contribution in [0.3, 0.4) is 0 Å². The highest BCUT2D eigenvalue weighted by Crippen LogP contribution is 2.41. The average molecular weight is 512 g/mol. The van der Waals surface area contributed by atoms with Crippen LogP contribution in [0.4, 0.5) is 0 Å². The van der Waals surface area contributed by atoms with Gasteiger partial charge in [0.2, 0.25) is 0 Å². The van der Waals surface area contributed by atoms with Gasteiger partial charge < -0.3 is 4.42 Å². The summed E-state index contributed by atoms with van der Waals surface area (Å²) in [7, 11) is 0. The fraction of sp³-hybridized carbons (Fsp3) is 0. The van der Waals surface area contributed by atoms with Gasteiger partial charge in [0.25, 0.3) is 0 Å². The molecule has 9 aromatic rings. The molecular formula is C36H21N3O. The predicted molar refractivity (Wildman–Crippen MR) is 164 cm³/mol. The number of rotatable bonds is 2. The molecule has 4 heteroatoms. The summed E-state index contributed by atoms with van der Waals surface area (Å²) >= 11 is 0. The van der Waals surface area contributed by atoms with Crippen molar-refractivity contribution in [1.82, 2.24) is 14.5 Å². The normalized spacial score (nSPS) is 12.0. The second-order valence-corrected chi connectivity index (χ2v) is 10.2. The van der Waals surface area contributed by atoms with E-state index in [1.54, 1.807) is 0 Å². The Morgan fingerprint density at radius 1 is 0.500 bits per heavy atom. The lowest BCUT2D eigenvalue weighted by Crippen LogP contribution is -2.04. The van der Waals surface area contributed by atoms with Gasteiger partial charge in [-0.25, -0.2) is 9.97 Å². The molecule has 6 aromatic carbocycles. The second kappa shape index (κ2) is 8.01. The fourth-order valence-electron chi connectivity index (χ4n) is 6.18. The van der Waals surface area contributed by atoms with E-state index >= 15 is 0 Å². The Labute approximate surface area is 228 Å². The summed E-state index contributed by atoms with van der Waals surface area (Å²) in [4.78, 5) is 10.6. The van der Waals surface area contributed by atoms with Crippen LogP contribution < -0.4 is 0 Å². The van der Waals surface area contributed by atoms with Crippen LogP contribution in [0.15, 0.2) is 132 Å². The lowest BCUT2D eigenvalue weighted by molar-refractivity contribution is 0.669. The van der Waals surface area contributed by atoms with E-state index in [-0.39, 0.29) is 0 Å². The van der Waals surface area contributed by atoms with E-state index in [4.69, 9.17) is 14.4 Å². The monoisotopic (exact) mass is 511 g/mol. The molecule has 186 valence electrons. The third-order valence-corrected chi connectivity index (χ3v) is 7.96. The SMILES string of the molecule is c1ccc2cc3c(cc2c1)c1ccccc1n3-c1nc2ccccc2nc1-c1cccc2oc3ccccc3c12. The number of benzene rings is 6. The molecule has 0 fully saturated rings. The van der Waals surface area contributed by atoms with Crippen molar-refractivity contribution >= 4 is 65.6 Å². The maximum absolute atomic E-state index is 6.27. The Morgan fingerprint density at radius 2 is 1.18 bits per heavy atom. The maximum atomic E-state index is 6.27. The summed E-state index contributed by atoms with van der Waals surface area (Å²) < 4.78 is 8.55. The summed E-state index contributed by atoms with van der Waals surface area (Å²) in [5.41, 5.74) is 7.46. The van der Waals surface area contributed by atoms with Crippen molar-refractivity contribution in [3.8, 4) is 17.1 Å². The quantitative estimate of drug-likeness (QED) is 0.232. The third-order valence-electron chi connectivity index (χ3n) is 7.96. The average Bonchev–Trinajstić information content (AvgIpc) is 3.55. The van der Waals surface area contributed by atoms with Crippen LogP contribution in [0, 0.1) is 0 Å². The number of fused-ring (bicyclic) bond motifs is 8. The molecule has 0 aliphatic heterocycles. The zero-order valence-electron chi connectivity index (χ0n) is 21.4. The highest BCUT2D eigenvalue weighted by atomic mass is 16.3. The van der Waals surface area contributed by atoms with Gasteiger partial charge in [-0.1, -0.05) is 84.9 Å². The molecule has 3 aromatic heterocycles. The van der Waals surface area contributed by atoms with E-state index in [2.05, 4.69) is 83.4 Å². The molecule has 3 heterocycles. The van der Waals surface area contributed by atoms with Crippen molar-refractivity contribution in [2.24, 2.45) is 0 Å². The molecule has 0 aliphatic carbocycles. The lowest BCUT2D eigenvalue weighted by atomic mass is 10.0. The van der Waals surface area contributed by atoms with Gasteiger partial charge in [0.05, 0.1) is 22.1 Å². The van der Waals surface area contributed by atoms with Crippen molar-refractivity contribution in [1.29, 1.82) is 0 Å². The molecule has 9 rings (SSSR count). The Kier molecular flexibility index (Phi) is 4.30. The number of furan rings is 1. The van der Waals surface area contributed by atoms with Crippen LogP contribution in [0.1, 0.15) is 0 Å². The summed E-state index contributed by atoms with van der Waals surface area (Å²) in [5.74, 6) is 0.804. The Hall–Kier alpha value is -5.48. The molecule has 40 heavy (non-hydrogen) atoms. The Balaban J connectivity index is 1.48. The molecule has 0 atom stereocenters. The summed E-state index contributed by atoms with van der Waals surface area (Å²) in [6.07, 6.45) is 0. The van der Waals surface area contributed by atoms with Gasteiger partial charge in [0.15, 0.2) is 5.82 Å². The van der Waals surface area contributed by atoms with Gasteiger partial charge in [0, 0.05) is 27.1 Å². The molecule has 0 spiro atoms. The molecule has 0 saturated heterocycles. The third kappa shape index (κ3) is 2.96. The van der Waals surface area contributed by atoms with Gasteiger partial charge in [-0.15, -0.1) is 0 Å². The number of aromatic nitrogens is 3. The number of para-hydroxylation sites is 4. The number of hydrogen-bond donors (Lipinski definition) is 0. The zero-order chi connectivity index (χ0) is 26.2. The van der Waals surface area contributed by atoms with Crippen LogP contribution in [0.25, 0.3) is 82.6 Å². The van der Waals surface area contributed by atoms with Crippen molar-refractivity contribution in [2.45, 2.75) is 0 Å². The zero-order valence-corrected chi connectivity index (χ0v) is 21.4. The number of hydrogen-bond acceptors (Lipinski definition) is 3. The van der Waals surface area contributed by atoms with Crippen LogP contribution >= 0.6 is 0 Å². The molecule has 0 amide bonds. The molecule has 4 nitrogen and oxygen atoms in total. The topological polar surface area (TPSA) is 43.9 Å². The Morgan fingerprint density at radius 3 is 2.05 bits per heavy atom. The standard InChI is InChI=1S/C36H21N3O/c1-2-11-23-21-31-27(20-22(23)10-1)24-12-3-7-17-30(24)39(31)36-35(37-28-15-5-6-16-29(28)38-36)26-14-9-19-33-34(26)25-13-4-8-18-32(25)40-33/h1-21H. The van der Waals surface area contributed by atoms with E-state index in [1.165, 1.54) is 21.5 Å². The van der Waals surface area contributed by atoms with E-state index in [1.807, 2.05) is 48.5 Å².